The largest absolute Gasteiger partial charge is 0.389 e. The lowest BCUT2D eigenvalue weighted by atomic mass is 9.97. The molecule has 0 aromatic rings. The van der Waals surface area contributed by atoms with Crippen molar-refractivity contribution in [3.8, 4) is 0 Å². The van der Waals surface area contributed by atoms with E-state index in [1.165, 1.54) is 6.42 Å². The molecule has 18 heavy (non-hydrogen) atoms. The molecule has 2 fully saturated rings. The van der Waals surface area contributed by atoms with Gasteiger partial charge < -0.3 is 14.7 Å². The van der Waals surface area contributed by atoms with Crippen LogP contribution in [0.1, 0.15) is 51.4 Å². The summed E-state index contributed by atoms with van der Waals surface area (Å²) in [5.41, 5.74) is -0.737. The fourth-order valence-electron chi connectivity index (χ4n) is 2.99. The Labute approximate surface area is 109 Å². The van der Waals surface area contributed by atoms with Gasteiger partial charge in [-0.25, -0.2) is 0 Å². The smallest absolute Gasteiger partial charge is 0.225 e. The van der Waals surface area contributed by atoms with Crippen molar-refractivity contribution in [3.63, 3.8) is 0 Å². The standard InChI is InChI=1S/C14H25NO3/c1-15(11-12-6-2-5-9-18-12)13(16)10-14(17)7-3-4-8-14/h12,17H,2-11H2,1H3. The lowest BCUT2D eigenvalue weighted by Crippen LogP contribution is -2.40. The first-order valence-electron chi connectivity index (χ1n) is 7.17. The van der Waals surface area contributed by atoms with E-state index in [4.69, 9.17) is 4.74 Å². The minimum atomic E-state index is -0.737. The van der Waals surface area contributed by atoms with Gasteiger partial charge in [-0.15, -0.1) is 0 Å². The SMILES string of the molecule is CN(CC1CCCCO1)C(=O)CC1(O)CCCC1. The van der Waals surface area contributed by atoms with E-state index >= 15 is 0 Å². The number of carbonyl (C=O) groups is 1. The molecule has 1 unspecified atom stereocenters. The summed E-state index contributed by atoms with van der Waals surface area (Å²) >= 11 is 0. The molecule has 0 bridgehead atoms. The van der Waals surface area contributed by atoms with Gasteiger partial charge in [0.05, 0.1) is 18.1 Å². The normalized spacial score (nSPS) is 27.1. The molecule has 4 heteroatoms. The fourth-order valence-corrected chi connectivity index (χ4v) is 2.99. The summed E-state index contributed by atoms with van der Waals surface area (Å²) in [4.78, 5) is 13.8. The van der Waals surface area contributed by atoms with Gasteiger partial charge in [0, 0.05) is 20.2 Å². The summed E-state index contributed by atoms with van der Waals surface area (Å²) in [5.74, 6) is 0.0496. The maximum atomic E-state index is 12.1. The van der Waals surface area contributed by atoms with Gasteiger partial charge in [0.25, 0.3) is 0 Å². The molecule has 4 nitrogen and oxygen atoms in total. The number of likely N-dealkylation sites (N-methyl/N-ethyl adjacent to an activating group) is 1. The third kappa shape index (κ3) is 3.69. The second kappa shape index (κ2) is 6.02. The van der Waals surface area contributed by atoms with Crippen molar-refractivity contribution in [1.29, 1.82) is 0 Å². The van der Waals surface area contributed by atoms with Gasteiger partial charge in [0.2, 0.25) is 5.91 Å². The molecule has 1 aliphatic carbocycles. The molecule has 1 saturated carbocycles. The first kappa shape index (κ1) is 13.8. The fraction of sp³-hybridized carbons (Fsp3) is 0.929. The van der Waals surface area contributed by atoms with Gasteiger partial charge in [-0.1, -0.05) is 12.8 Å². The zero-order valence-electron chi connectivity index (χ0n) is 11.4. The Kier molecular flexibility index (Phi) is 4.62. The van der Waals surface area contributed by atoms with E-state index in [0.717, 1.165) is 45.1 Å². The molecular formula is C14H25NO3. The lowest BCUT2D eigenvalue weighted by Gasteiger charge is -2.29. The Hall–Kier alpha value is -0.610. The average Bonchev–Trinajstić information content (AvgIpc) is 2.77. The van der Waals surface area contributed by atoms with Crippen LogP contribution < -0.4 is 0 Å². The average molecular weight is 255 g/mol. The first-order valence-corrected chi connectivity index (χ1v) is 7.17. The van der Waals surface area contributed by atoms with Crippen LogP contribution in [-0.4, -0.2) is 47.8 Å². The van der Waals surface area contributed by atoms with Crippen molar-refractivity contribution in [2.45, 2.75) is 63.1 Å². The first-order chi connectivity index (χ1) is 8.59. The van der Waals surface area contributed by atoms with Gasteiger partial charge in [0.1, 0.15) is 0 Å². The quantitative estimate of drug-likeness (QED) is 0.832. The summed E-state index contributed by atoms with van der Waals surface area (Å²) in [6.45, 7) is 1.48. The molecule has 1 N–H and O–H groups in total. The van der Waals surface area contributed by atoms with E-state index in [1.807, 2.05) is 7.05 Å². The van der Waals surface area contributed by atoms with Gasteiger partial charge >= 0.3 is 0 Å². The monoisotopic (exact) mass is 255 g/mol. The minimum Gasteiger partial charge on any atom is -0.389 e. The second-order valence-electron chi connectivity index (χ2n) is 5.87. The predicted molar refractivity (Wildman–Crippen MR) is 69.3 cm³/mol. The lowest BCUT2D eigenvalue weighted by molar-refractivity contribution is -0.137. The van der Waals surface area contributed by atoms with Crippen LogP contribution in [0.4, 0.5) is 0 Å². The molecule has 104 valence electrons. The molecular weight excluding hydrogens is 230 g/mol. The van der Waals surface area contributed by atoms with Crippen molar-refractivity contribution in [2.24, 2.45) is 0 Å². The van der Waals surface area contributed by atoms with Crippen LogP contribution in [0.5, 0.6) is 0 Å². The van der Waals surface area contributed by atoms with Crippen molar-refractivity contribution < 1.29 is 14.6 Å². The van der Waals surface area contributed by atoms with Gasteiger partial charge in [-0.3, -0.25) is 4.79 Å². The number of ether oxygens (including phenoxy) is 1. The van der Waals surface area contributed by atoms with E-state index in [1.54, 1.807) is 4.90 Å². The second-order valence-corrected chi connectivity index (χ2v) is 5.87. The number of aliphatic hydroxyl groups is 1. The van der Waals surface area contributed by atoms with E-state index < -0.39 is 5.60 Å². The van der Waals surface area contributed by atoms with Crippen molar-refractivity contribution in [2.75, 3.05) is 20.2 Å². The molecule has 0 aromatic carbocycles. The summed E-state index contributed by atoms with van der Waals surface area (Å²) < 4.78 is 5.64. The zero-order chi connectivity index (χ0) is 13.0. The number of hydrogen-bond donors (Lipinski definition) is 1. The topological polar surface area (TPSA) is 49.8 Å². The highest BCUT2D eigenvalue weighted by atomic mass is 16.5. The highest BCUT2D eigenvalue weighted by Gasteiger charge is 2.34. The third-order valence-corrected chi connectivity index (χ3v) is 4.19. The molecule has 0 aromatic heterocycles. The summed E-state index contributed by atoms with van der Waals surface area (Å²) in [6.07, 6.45) is 7.45. The zero-order valence-corrected chi connectivity index (χ0v) is 11.4. The van der Waals surface area contributed by atoms with Crippen LogP contribution >= 0.6 is 0 Å². The Morgan fingerprint density at radius 1 is 1.33 bits per heavy atom. The van der Waals surface area contributed by atoms with E-state index in [-0.39, 0.29) is 18.4 Å². The number of carbonyl (C=O) groups excluding carboxylic acids is 1. The molecule has 1 saturated heterocycles. The van der Waals surface area contributed by atoms with Crippen molar-refractivity contribution >= 4 is 5.91 Å². The number of hydrogen-bond acceptors (Lipinski definition) is 3. The number of amides is 1. The van der Waals surface area contributed by atoms with Gasteiger partial charge in [0.15, 0.2) is 0 Å². The maximum Gasteiger partial charge on any atom is 0.225 e. The van der Waals surface area contributed by atoms with Crippen LogP contribution in [0.2, 0.25) is 0 Å². The molecule has 0 radical (unpaired) electrons. The predicted octanol–water partition coefficient (Wildman–Crippen LogP) is 1.71. The van der Waals surface area contributed by atoms with E-state index in [9.17, 15) is 9.90 Å². The summed E-state index contributed by atoms with van der Waals surface area (Å²) in [5, 5.41) is 10.2. The molecule has 1 aliphatic heterocycles. The number of nitrogens with zero attached hydrogens (tertiary/aromatic N) is 1. The summed E-state index contributed by atoms with van der Waals surface area (Å²) in [6, 6.07) is 0. The van der Waals surface area contributed by atoms with Crippen molar-refractivity contribution in [1.82, 2.24) is 4.90 Å². The molecule has 2 rings (SSSR count). The Morgan fingerprint density at radius 2 is 2.06 bits per heavy atom. The Bertz CT molecular complexity index is 281. The van der Waals surface area contributed by atoms with Crippen molar-refractivity contribution in [3.05, 3.63) is 0 Å². The van der Waals surface area contributed by atoms with Crippen LogP contribution in [-0.2, 0) is 9.53 Å². The van der Waals surface area contributed by atoms with Crippen LogP contribution in [0.25, 0.3) is 0 Å². The highest BCUT2D eigenvalue weighted by molar-refractivity contribution is 5.77. The molecule has 1 amide bonds. The van der Waals surface area contributed by atoms with Crippen LogP contribution in [0, 0.1) is 0 Å². The van der Waals surface area contributed by atoms with Gasteiger partial charge in [-0.2, -0.15) is 0 Å². The Balaban J connectivity index is 1.77. The molecule has 0 spiro atoms. The molecule has 2 aliphatic rings. The van der Waals surface area contributed by atoms with Crippen LogP contribution in [0.15, 0.2) is 0 Å². The van der Waals surface area contributed by atoms with E-state index in [2.05, 4.69) is 0 Å². The minimum absolute atomic E-state index is 0.0496. The van der Waals surface area contributed by atoms with Gasteiger partial charge in [-0.05, 0) is 32.1 Å². The maximum absolute atomic E-state index is 12.1. The molecule has 1 atom stereocenters. The number of rotatable bonds is 4. The van der Waals surface area contributed by atoms with Crippen LogP contribution in [0.3, 0.4) is 0 Å². The van der Waals surface area contributed by atoms with E-state index in [0.29, 0.717) is 6.54 Å². The highest BCUT2D eigenvalue weighted by Crippen LogP contribution is 2.32. The molecule has 1 heterocycles. The summed E-state index contributed by atoms with van der Waals surface area (Å²) in [7, 11) is 1.82. The third-order valence-electron chi connectivity index (χ3n) is 4.19. The Morgan fingerprint density at radius 3 is 2.67 bits per heavy atom.